The number of methoxy groups -OCH3 is 1. The van der Waals surface area contributed by atoms with Crippen LogP contribution in [0.3, 0.4) is 0 Å². The van der Waals surface area contributed by atoms with Crippen LogP contribution in [0.15, 0.2) is 24.3 Å². The number of carbonyl (C=O) groups is 1. The SMILES string of the molecule is COCCNCCNC(=O)c1cccc(OC(F)(F)F)c1. The zero-order valence-electron chi connectivity index (χ0n) is 11.5. The fourth-order valence-corrected chi connectivity index (χ4v) is 1.50. The molecule has 0 fully saturated rings. The fraction of sp³-hybridized carbons (Fsp3) is 0.462. The highest BCUT2D eigenvalue weighted by atomic mass is 19.4. The lowest BCUT2D eigenvalue weighted by Gasteiger charge is -2.10. The van der Waals surface area contributed by atoms with Crippen molar-refractivity contribution in [2.75, 3.05) is 33.4 Å². The predicted molar refractivity (Wildman–Crippen MR) is 70.2 cm³/mol. The average molecular weight is 306 g/mol. The summed E-state index contributed by atoms with van der Waals surface area (Å²) in [4.78, 5) is 11.8. The lowest BCUT2D eigenvalue weighted by Crippen LogP contribution is -2.33. The summed E-state index contributed by atoms with van der Waals surface area (Å²) in [6, 6.07) is 4.92. The van der Waals surface area contributed by atoms with Gasteiger partial charge in [0.25, 0.3) is 5.91 Å². The molecule has 1 amide bonds. The lowest BCUT2D eigenvalue weighted by molar-refractivity contribution is -0.274. The Bertz CT molecular complexity index is 453. The van der Waals surface area contributed by atoms with Crippen LogP contribution in [0, 0.1) is 0 Å². The number of rotatable bonds is 8. The van der Waals surface area contributed by atoms with Gasteiger partial charge >= 0.3 is 6.36 Å². The quantitative estimate of drug-likeness (QED) is 0.716. The van der Waals surface area contributed by atoms with Crippen molar-refractivity contribution in [2.45, 2.75) is 6.36 Å². The number of nitrogens with one attached hydrogen (secondary N) is 2. The van der Waals surface area contributed by atoms with Crippen molar-refractivity contribution in [3.05, 3.63) is 29.8 Å². The van der Waals surface area contributed by atoms with Crippen LogP contribution in [0.5, 0.6) is 5.75 Å². The van der Waals surface area contributed by atoms with Crippen LogP contribution in [-0.2, 0) is 4.74 Å². The molecule has 0 aliphatic carbocycles. The summed E-state index contributed by atoms with van der Waals surface area (Å²) in [6.45, 7) is 2.10. The molecule has 0 atom stereocenters. The van der Waals surface area contributed by atoms with Crippen molar-refractivity contribution >= 4 is 5.91 Å². The van der Waals surface area contributed by atoms with E-state index in [-0.39, 0.29) is 5.56 Å². The smallest absolute Gasteiger partial charge is 0.406 e. The summed E-state index contributed by atoms with van der Waals surface area (Å²) in [5.74, 6) is -0.885. The number of hydrogen-bond acceptors (Lipinski definition) is 4. The molecule has 2 N–H and O–H groups in total. The molecule has 5 nitrogen and oxygen atoms in total. The number of alkyl halides is 3. The van der Waals surface area contributed by atoms with E-state index in [0.717, 1.165) is 12.1 Å². The highest BCUT2D eigenvalue weighted by Gasteiger charge is 2.31. The van der Waals surface area contributed by atoms with E-state index < -0.39 is 18.0 Å². The third-order valence-electron chi connectivity index (χ3n) is 2.40. The van der Waals surface area contributed by atoms with Crippen molar-refractivity contribution in [3.8, 4) is 5.75 Å². The van der Waals surface area contributed by atoms with Gasteiger partial charge in [0, 0.05) is 32.3 Å². The van der Waals surface area contributed by atoms with E-state index in [1.165, 1.54) is 12.1 Å². The van der Waals surface area contributed by atoms with E-state index in [1.54, 1.807) is 7.11 Å². The van der Waals surface area contributed by atoms with Crippen LogP contribution < -0.4 is 15.4 Å². The monoisotopic (exact) mass is 306 g/mol. The van der Waals surface area contributed by atoms with Crippen LogP contribution in [0.2, 0.25) is 0 Å². The highest BCUT2D eigenvalue weighted by molar-refractivity contribution is 5.94. The van der Waals surface area contributed by atoms with Gasteiger partial charge in [-0.2, -0.15) is 0 Å². The number of halogens is 3. The van der Waals surface area contributed by atoms with Crippen molar-refractivity contribution in [3.63, 3.8) is 0 Å². The zero-order valence-corrected chi connectivity index (χ0v) is 11.5. The Morgan fingerprint density at radius 3 is 2.67 bits per heavy atom. The number of ether oxygens (including phenoxy) is 2. The van der Waals surface area contributed by atoms with Crippen LogP contribution >= 0.6 is 0 Å². The molecule has 0 saturated carbocycles. The summed E-state index contributed by atoms with van der Waals surface area (Å²) in [6.07, 6.45) is -4.78. The van der Waals surface area contributed by atoms with E-state index in [4.69, 9.17) is 4.74 Å². The molecular weight excluding hydrogens is 289 g/mol. The van der Waals surface area contributed by atoms with Crippen molar-refractivity contribution in [2.24, 2.45) is 0 Å². The van der Waals surface area contributed by atoms with Gasteiger partial charge in [0.15, 0.2) is 0 Å². The van der Waals surface area contributed by atoms with Gasteiger partial charge < -0.3 is 20.1 Å². The standard InChI is InChI=1S/C13H17F3N2O3/c1-20-8-7-17-5-6-18-12(19)10-3-2-4-11(9-10)21-13(14,15)16/h2-4,9,17H,5-8H2,1H3,(H,18,19). The lowest BCUT2D eigenvalue weighted by atomic mass is 10.2. The van der Waals surface area contributed by atoms with Crippen LogP contribution in [-0.4, -0.2) is 45.6 Å². The summed E-state index contributed by atoms with van der Waals surface area (Å²) < 4.78 is 44.8. The average Bonchev–Trinajstić information content (AvgIpc) is 2.41. The minimum Gasteiger partial charge on any atom is -0.406 e. The van der Waals surface area contributed by atoms with Gasteiger partial charge in [-0.3, -0.25) is 4.79 Å². The van der Waals surface area contributed by atoms with Gasteiger partial charge in [-0.05, 0) is 18.2 Å². The largest absolute Gasteiger partial charge is 0.573 e. The number of amides is 1. The molecule has 0 bridgehead atoms. The topological polar surface area (TPSA) is 59.6 Å². The summed E-state index contributed by atoms with van der Waals surface area (Å²) >= 11 is 0. The van der Waals surface area contributed by atoms with Gasteiger partial charge in [0.2, 0.25) is 0 Å². The van der Waals surface area contributed by atoms with Crippen LogP contribution in [0.1, 0.15) is 10.4 Å². The molecule has 1 rings (SSSR count). The molecular formula is C13H17F3N2O3. The maximum Gasteiger partial charge on any atom is 0.573 e. The minimum atomic E-state index is -4.78. The Balaban J connectivity index is 2.42. The van der Waals surface area contributed by atoms with E-state index in [0.29, 0.717) is 26.2 Å². The molecule has 0 aromatic heterocycles. The van der Waals surface area contributed by atoms with Crippen molar-refractivity contribution < 1.29 is 27.4 Å². The molecule has 0 saturated heterocycles. The second-order valence-corrected chi connectivity index (χ2v) is 4.07. The molecule has 0 spiro atoms. The van der Waals surface area contributed by atoms with Crippen molar-refractivity contribution in [1.82, 2.24) is 10.6 Å². The van der Waals surface area contributed by atoms with E-state index in [9.17, 15) is 18.0 Å². The van der Waals surface area contributed by atoms with Crippen molar-refractivity contribution in [1.29, 1.82) is 0 Å². The van der Waals surface area contributed by atoms with Gasteiger partial charge in [-0.15, -0.1) is 13.2 Å². The number of hydrogen-bond donors (Lipinski definition) is 2. The molecule has 0 aliphatic heterocycles. The molecule has 118 valence electrons. The maximum atomic E-state index is 12.1. The molecule has 1 aromatic carbocycles. The zero-order chi connectivity index (χ0) is 15.7. The van der Waals surface area contributed by atoms with E-state index in [2.05, 4.69) is 15.4 Å². The summed E-state index contributed by atoms with van der Waals surface area (Å²) in [5.41, 5.74) is 0.105. The molecule has 21 heavy (non-hydrogen) atoms. The molecule has 8 heteroatoms. The first-order valence-electron chi connectivity index (χ1n) is 6.26. The minimum absolute atomic E-state index is 0.105. The predicted octanol–water partition coefficient (Wildman–Crippen LogP) is 1.55. The number of benzene rings is 1. The Morgan fingerprint density at radius 2 is 2.00 bits per heavy atom. The van der Waals surface area contributed by atoms with Gasteiger partial charge in [-0.1, -0.05) is 6.07 Å². The summed E-state index contributed by atoms with van der Waals surface area (Å²) in [7, 11) is 1.58. The first-order chi connectivity index (χ1) is 9.92. The first kappa shape index (κ1) is 17.3. The molecule has 0 radical (unpaired) electrons. The maximum absolute atomic E-state index is 12.1. The fourth-order valence-electron chi connectivity index (χ4n) is 1.50. The van der Waals surface area contributed by atoms with Gasteiger partial charge in [0.05, 0.1) is 6.61 Å². The normalized spacial score (nSPS) is 11.2. The molecule has 0 aliphatic rings. The second kappa shape index (κ2) is 8.48. The van der Waals surface area contributed by atoms with E-state index in [1.807, 2.05) is 0 Å². The third-order valence-corrected chi connectivity index (χ3v) is 2.40. The highest BCUT2D eigenvalue weighted by Crippen LogP contribution is 2.23. The molecule has 1 aromatic rings. The summed E-state index contributed by atoms with van der Waals surface area (Å²) in [5, 5.41) is 5.61. The number of carbonyl (C=O) groups excluding carboxylic acids is 1. The second-order valence-electron chi connectivity index (χ2n) is 4.07. The van der Waals surface area contributed by atoms with Crippen LogP contribution in [0.25, 0.3) is 0 Å². The molecule has 0 unspecified atom stereocenters. The molecule has 0 heterocycles. The van der Waals surface area contributed by atoms with Crippen LogP contribution in [0.4, 0.5) is 13.2 Å². The van der Waals surface area contributed by atoms with Gasteiger partial charge in [-0.25, -0.2) is 0 Å². The Hall–Kier alpha value is -1.80. The third kappa shape index (κ3) is 7.52. The van der Waals surface area contributed by atoms with Gasteiger partial charge in [0.1, 0.15) is 5.75 Å². The Morgan fingerprint density at radius 1 is 1.24 bits per heavy atom. The Labute approximate surface area is 120 Å². The first-order valence-corrected chi connectivity index (χ1v) is 6.26. The van der Waals surface area contributed by atoms with E-state index >= 15 is 0 Å². The Kier molecular flexibility index (Phi) is 6.97.